The number of hydrogen-bond donors (Lipinski definition) is 1. The van der Waals surface area contributed by atoms with E-state index in [1.165, 1.54) is 0 Å². The summed E-state index contributed by atoms with van der Waals surface area (Å²) in [6.07, 6.45) is 0. The Bertz CT molecular complexity index is 534. The number of aromatic nitrogens is 2. The highest BCUT2D eigenvalue weighted by Gasteiger charge is 2.08. The van der Waals surface area contributed by atoms with Crippen molar-refractivity contribution in [3.05, 3.63) is 34.4 Å². The van der Waals surface area contributed by atoms with E-state index in [0.717, 1.165) is 21.5 Å². The van der Waals surface area contributed by atoms with Gasteiger partial charge in [-0.15, -0.1) is 0 Å². The molecular weight excluding hydrogens is 282 g/mol. The average Bonchev–Trinajstić information content (AvgIpc) is 2.35. The largest absolute Gasteiger partial charge is 0.497 e. The molecule has 0 radical (unpaired) electrons. The zero-order chi connectivity index (χ0) is 12.4. The van der Waals surface area contributed by atoms with Crippen LogP contribution in [0.4, 0.5) is 5.82 Å². The first-order valence-electron chi connectivity index (χ1n) is 5.06. The summed E-state index contributed by atoms with van der Waals surface area (Å²) in [6, 6.07) is 7.57. The number of anilines is 1. The van der Waals surface area contributed by atoms with E-state index in [2.05, 4.69) is 25.9 Å². The number of benzene rings is 1. The molecule has 0 saturated heterocycles. The van der Waals surface area contributed by atoms with Crippen molar-refractivity contribution in [2.24, 2.45) is 0 Å². The lowest BCUT2D eigenvalue weighted by Gasteiger charge is -2.07. The third-order valence-electron chi connectivity index (χ3n) is 2.37. The Morgan fingerprint density at radius 1 is 1.29 bits per heavy atom. The van der Waals surface area contributed by atoms with Gasteiger partial charge in [-0.3, -0.25) is 0 Å². The Labute approximate surface area is 108 Å². The molecule has 2 N–H and O–H groups in total. The van der Waals surface area contributed by atoms with Gasteiger partial charge in [0.25, 0.3) is 0 Å². The molecule has 0 aliphatic rings. The summed E-state index contributed by atoms with van der Waals surface area (Å²) in [5, 5.41) is 0. The highest BCUT2D eigenvalue weighted by molar-refractivity contribution is 9.10. The predicted octanol–water partition coefficient (Wildman–Crippen LogP) is 2.81. The molecular formula is C12H12BrN3O. The van der Waals surface area contributed by atoms with Gasteiger partial charge in [-0.05, 0) is 35.0 Å². The van der Waals surface area contributed by atoms with E-state index in [4.69, 9.17) is 10.5 Å². The van der Waals surface area contributed by atoms with Crippen LogP contribution in [0.5, 0.6) is 5.75 Å². The molecule has 1 aromatic heterocycles. The van der Waals surface area contributed by atoms with Crippen molar-refractivity contribution < 1.29 is 4.74 Å². The molecule has 2 aromatic rings. The fourth-order valence-electron chi connectivity index (χ4n) is 1.47. The molecule has 0 amide bonds. The van der Waals surface area contributed by atoms with Gasteiger partial charge in [-0.2, -0.15) is 0 Å². The Morgan fingerprint density at radius 3 is 2.71 bits per heavy atom. The molecule has 0 bridgehead atoms. The van der Waals surface area contributed by atoms with Crippen LogP contribution in [0.2, 0.25) is 0 Å². The Balaban J connectivity index is 2.52. The van der Waals surface area contributed by atoms with Gasteiger partial charge in [-0.25, -0.2) is 9.97 Å². The van der Waals surface area contributed by atoms with Crippen molar-refractivity contribution in [2.75, 3.05) is 12.8 Å². The second-order valence-electron chi connectivity index (χ2n) is 3.56. The molecule has 0 fully saturated rings. The quantitative estimate of drug-likeness (QED) is 0.925. The minimum absolute atomic E-state index is 0.440. The van der Waals surface area contributed by atoms with E-state index in [1.54, 1.807) is 7.11 Å². The van der Waals surface area contributed by atoms with Crippen LogP contribution in [0.25, 0.3) is 11.4 Å². The van der Waals surface area contributed by atoms with Gasteiger partial charge in [0, 0.05) is 5.56 Å². The Kier molecular flexibility index (Phi) is 3.28. The van der Waals surface area contributed by atoms with Crippen LogP contribution in [-0.4, -0.2) is 17.1 Å². The van der Waals surface area contributed by atoms with Crippen molar-refractivity contribution in [2.45, 2.75) is 6.92 Å². The minimum atomic E-state index is 0.440. The molecule has 1 aromatic carbocycles. The first-order valence-corrected chi connectivity index (χ1v) is 5.85. The molecule has 0 saturated carbocycles. The second kappa shape index (κ2) is 4.71. The van der Waals surface area contributed by atoms with Crippen molar-refractivity contribution in [1.82, 2.24) is 9.97 Å². The number of rotatable bonds is 2. The maximum absolute atomic E-state index is 5.80. The molecule has 88 valence electrons. The number of methoxy groups -OCH3 is 1. The summed E-state index contributed by atoms with van der Waals surface area (Å²) in [5.41, 5.74) is 7.50. The third kappa shape index (κ3) is 2.39. The van der Waals surface area contributed by atoms with E-state index in [9.17, 15) is 0 Å². The summed E-state index contributed by atoms with van der Waals surface area (Å²) in [4.78, 5) is 8.63. The Morgan fingerprint density at radius 2 is 2.06 bits per heavy atom. The molecule has 1 heterocycles. The predicted molar refractivity (Wildman–Crippen MR) is 70.9 cm³/mol. The van der Waals surface area contributed by atoms with Crippen LogP contribution in [-0.2, 0) is 0 Å². The van der Waals surface area contributed by atoms with Crippen molar-refractivity contribution in [1.29, 1.82) is 0 Å². The van der Waals surface area contributed by atoms with E-state index in [1.807, 2.05) is 31.2 Å². The SMILES string of the molecule is COc1cccc(-c2nc(C)c(Br)c(N)n2)c1. The smallest absolute Gasteiger partial charge is 0.161 e. The first-order chi connectivity index (χ1) is 8.11. The topological polar surface area (TPSA) is 61.0 Å². The number of aryl methyl sites for hydroxylation is 1. The van der Waals surface area contributed by atoms with Crippen LogP contribution >= 0.6 is 15.9 Å². The van der Waals surface area contributed by atoms with E-state index >= 15 is 0 Å². The lowest BCUT2D eigenvalue weighted by Crippen LogP contribution is -2.00. The maximum Gasteiger partial charge on any atom is 0.161 e. The highest BCUT2D eigenvalue weighted by Crippen LogP contribution is 2.26. The Hall–Kier alpha value is -1.62. The van der Waals surface area contributed by atoms with Crippen molar-refractivity contribution in [3.63, 3.8) is 0 Å². The molecule has 0 spiro atoms. The summed E-state index contributed by atoms with van der Waals surface area (Å²) < 4.78 is 5.90. The van der Waals surface area contributed by atoms with Gasteiger partial charge in [0.05, 0.1) is 17.3 Å². The van der Waals surface area contributed by atoms with Crippen molar-refractivity contribution in [3.8, 4) is 17.1 Å². The van der Waals surface area contributed by atoms with Gasteiger partial charge in [0.15, 0.2) is 5.82 Å². The number of nitrogens with zero attached hydrogens (tertiary/aromatic N) is 2. The van der Waals surface area contributed by atoms with E-state index < -0.39 is 0 Å². The first kappa shape index (κ1) is 11.9. The number of ether oxygens (including phenoxy) is 1. The number of nitrogen functional groups attached to an aromatic ring is 1. The molecule has 17 heavy (non-hydrogen) atoms. The number of halogens is 1. The summed E-state index contributed by atoms with van der Waals surface area (Å²) in [5.74, 6) is 1.81. The van der Waals surface area contributed by atoms with E-state index in [0.29, 0.717) is 11.6 Å². The highest BCUT2D eigenvalue weighted by atomic mass is 79.9. The molecule has 0 atom stereocenters. The zero-order valence-corrected chi connectivity index (χ0v) is 11.2. The molecule has 2 rings (SSSR count). The molecule has 5 heteroatoms. The third-order valence-corrected chi connectivity index (χ3v) is 3.35. The summed E-state index contributed by atoms with van der Waals surface area (Å²) >= 11 is 3.34. The molecule has 0 aliphatic carbocycles. The van der Waals surface area contributed by atoms with Crippen LogP contribution < -0.4 is 10.5 Å². The average molecular weight is 294 g/mol. The van der Waals surface area contributed by atoms with Gasteiger partial charge < -0.3 is 10.5 Å². The van der Waals surface area contributed by atoms with Gasteiger partial charge >= 0.3 is 0 Å². The second-order valence-corrected chi connectivity index (χ2v) is 4.36. The van der Waals surface area contributed by atoms with Gasteiger partial charge in [-0.1, -0.05) is 12.1 Å². The number of hydrogen-bond acceptors (Lipinski definition) is 4. The van der Waals surface area contributed by atoms with E-state index in [-0.39, 0.29) is 0 Å². The lowest BCUT2D eigenvalue weighted by atomic mass is 10.2. The standard InChI is InChI=1S/C12H12BrN3O/c1-7-10(13)11(14)16-12(15-7)8-4-3-5-9(6-8)17-2/h3-6H,1-2H3,(H2,14,15,16). The summed E-state index contributed by atoms with van der Waals surface area (Å²) in [7, 11) is 1.63. The fourth-order valence-corrected chi connectivity index (χ4v) is 1.65. The minimum Gasteiger partial charge on any atom is -0.497 e. The fraction of sp³-hybridized carbons (Fsp3) is 0.167. The van der Waals surface area contributed by atoms with Crippen LogP contribution in [0.15, 0.2) is 28.7 Å². The van der Waals surface area contributed by atoms with Crippen molar-refractivity contribution >= 4 is 21.7 Å². The number of nitrogens with two attached hydrogens (primary N) is 1. The van der Waals surface area contributed by atoms with Crippen LogP contribution in [0, 0.1) is 6.92 Å². The summed E-state index contributed by atoms with van der Waals surface area (Å²) in [6.45, 7) is 1.88. The molecule has 0 unspecified atom stereocenters. The van der Waals surface area contributed by atoms with Crippen LogP contribution in [0.1, 0.15) is 5.69 Å². The lowest BCUT2D eigenvalue weighted by molar-refractivity contribution is 0.415. The normalized spacial score (nSPS) is 10.3. The van der Waals surface area contributed by atoms with Gasteiger partial charge in [0.2, 0.25) is 0 Å². The molecule has 0 aliphatic heterocycles. The zero-order valence-electron chi connectivity index (χ0n) is 9.57. The molecule has 4 nitrogen and oxygen atoms in total. The van der Waals surface area contributed by atoms with Gasteiger partial charge in [0.1, 0.15) is 11.6 Å². The van der Waals surface area contributed by atoms with Crippen LogP contribution in [0.3, 0.4) is 0 Å². The maximum atomic E-state index is 5.80. The monoisotopic (exact) mass is 293 g/mol.